The van der Waals surface area contributed by atoms with Gasteiger partial charge in [0.25, 0.3) is 0 Å². The molecule has 6 aliphatic carbocycles. The van der Waals surface area contributed by atoms with E-state index in [9.17, 15) is 0 Å². The van der Waals surface area contributed by atoms with E-state index in [1.54, 1.807) is 23.1 Å². The van der Waals surface area contributed by atoms with Crippen LogP contribution in [-0.2, 0) is 27.7 Å². The molecule has 2 aromatic carbocycles. The Morgan fingerprint density at radius 2 is 1.45 bits per heavy atom. The van der Waals surface area contributed by atoms with Crippen LogP contribution in [-0.4, -0.2) is 3.21 Å². The fourth-order valence-electron chi connectivity index (χ4n) is 7.64. The third-order valence-electron chi connectivity index (χ3n) is 8.52. The number of halogens is 2. The van der Waals surface area contributed by atoms with Gasteiger partial charge in [0.05, 0.1) is 0 Å². The molecular weight excluding hydrogens is 498 g/mol. The number of hydrogen-bond donors (Lipinski definition) is 0. The smallest absolute Gasteiger partial charge is 1.00 e. The van der Waals surface area contributed by atoms with Gasteiger partial charge in [-0.15, -0.1) is 0 Å². The topological polar surface area (TPSA) is 0 Å². The molecule has 0 saturated heterocycles. The quantitative estimate of drug-likeness (QED) is 0.441. The Labute approximate surface area is 206 Å². The average Bonchev–Trinajstić information content (AvgIpc) is 3.38. The Bertz CT molecular complexity index is 1090. The van der Waals surface area contributed by atoms with Gasteiger partial charge in [-0.3, -0.25) is 0 Å². The van der Waals surface area contributed by atoms with E-state index in [1.807, 2.05) is 6.55 Å². The Kier molecular flexibility index (Phi) is 6.09. The molecule has 0 aliphatic heterocycles. The summed E-state index contributed by atoms with van der Waals surface area (Å²) in [5, 5.41) is 0. The Morgan fingerprint density at radius 1 is 0.742 bits per heavy atom. The second-order valence-electron chi connectivity index (χ2n) is 10.1. The van der Waals surface area contributed by atoms with Crippen LogP contribution in [0.3, 0.4) is 0 Å². The van der Waals surface area contributed by atoms with E-state index in [0.717, 1.165) is 23.7 Å². The third kappa shape index (κ3) is 3.46. The summed E-state index contributed by atoms with van der Waals surface area (Å²) in [4.78, 5) is 0. The van der Waals surface area contributed by atoms with Crippen LogP contribution in [0.15, 0.2) is 64.0 Å². The zero-order valence-electron chi connectivity index (χ0n) is 17.8. The van der Waals surface area contributed by atoms with Crippen LogP contribution in [0.5, 0.6) is 0 Å². The van der Waals surface area contributed by atoms with Crippen molar-refractivity contribution >= 4 is 6.48 Å². The van der Waals surface area contributed by atoms with Gasteiger partial charge in [0, 0.05) is 0 Å². The van der Waals surface area contributed by atoms with Crippen LogP contribution >= 0.6 is 0 Å². The Morgan fingerprint density at radius 3 is 2.16 bits per heavy atom. The van der Waals surface area contributed by atoms with Gasteiger partial charge in [-0.25, -0.2) is 0 Å². The Hall–Kier alpha value is -0.747. The van der Waals surface area contributed by atoms with Gasteiger partial charge in [0.1, 0.15) is 0 Å². The van der Waals surface area contributed by atoms with Gasteiger partial charge >= 0.3 is 183 Å². The summed E-state index contributed by atoms with van der Waals surface area (Å²) >= 11 is -2.04. The van der Waals surface area contributed by atoms with Gasteiger partial charge in [0.15, 0.2) is 0 Å². The second-order valence-corrected chi connectivity index (χ2v) is 16.3. The first-order valence-electron chi connectivity index (χ1n) is 11.7. The van der Waals surface area contributed by atoms with Gasteiger partial charge in [-0.05, 0) is 0 Å². The van der Waals surface area contributed by atoms with Crippen molar-refractivity contribution in [2.75, 3.05) is 0 Å². The van der Waals surface area contributed by atoms with E-state index in [-0.39, 0.29) is 24.8 Å². The van der Waals surface area contributed by atoms with Crippen LogP contribution in [0, 0.1) is 23.7 Å². The van der Waals surface area contributed by atoms with Crippen molar-refractivity contribution in [2.45, 2.75) is 44.9 Å². The summed E-state index contributed by atoms with van der Waals surface area (Å²) in [7, 11) is 0. The van der Waals surface area contributed by atoms with E-state index >= 15 is 0 Å². The summed E-state index contributed by atoms with van der Waals surface area (Å²) in [6.45, 7) is 0. The zero-order chi connectivity index (χ0) is 18.9. The van der Waals surface area contributed by atoms with Crippen molar-refractivity contribution in [1.82, 2.24) is 0 Å². The maximum absolute atomic E-state index is 2.57. The molecule has 4 fully saturated rings. The molecule has 4 bridgehead atoms. The van der Waals surface area contributed by atoms with Gasteiger partial charge < -0.3 is 24.8 Å². The SMILES string of the molecule is C1=CC[C]([Zr+2](=[C]2C3CC4CC(C3)CC2C4)[c]2cccc3c2Cc2ccccc2-3)=C1.[Cl-].[Cl-]. The molecule has 0 N–H and O–H groups in total. The van der Waals surface area contributed by atoms with Crippen molar-refractivity contribution in [3.63, 3.8) is 0 Å². The number of allylic oxidation sites excluding steroid dienone is 4. The average molecular weight is 527 g/mol. The molecule has 0 aromatic heterocycles. The third-order valence-corrected chi connectivity index (χ3v) is 16.9. The molecule has 0 unspecified atom stereocenters. The number of benzene rings is 2. The molecule has 0 spiro atoms. The van der Waals surface area contributed by atoms with Crippen LogP contribution in [0.25, 0.3) is 11.1 Å². The van der Waals surface area contributed by atoms with E-state index in [2.05, 4.69) is 63.9 Å². The predicted molar refractivity (Wildman–Crippen MR) is 118 cm³/mol. The minimum atomic E-state index is -2.04. The number of rotatable bonds is 2. The molecule has 6 aliphatic rings. The summed E-state index contributed by atoms with van der Waals surface area (Å²) in [5.41, 5.74) is 6.30. The largest absolute Gasteiger partial charge is 1.00 e. The fraction of sp³-hybridized carbons (Fsp3) is 0.393. The van der Waals surface area contributed by atoms with Gasteiger partial charge in [-0.1, -0.05) is 0 Å². The molecule has 3 heteroatoms. The van der Waals surface area contributed by atoms with Crippen LogP contribution in [0.2, 0.25) is 0 Å². The molecular formula is C28H28Cl2Zr. The van der Waals surface area contributed by atoms with Crippen molar-refractivity contribution in [3.8, 4) is 11.1 Å². The molecule has 8 rings (SSSR count). The zero-order valence-corrected chi connectivity index (χ0v) is 21.8. The minimum Gasteiger partial charge on any atom is -1.00 e. The van der Waals surface area contributed by atoms with Crippen molar-refractivity contribution in [2.24, 2.45) is 23.7 Å². The predicted octanol–water partition coefficient (Wildman–Crippen LogP) is -0.0184. The molecule has 158 valence electrons. The van der Waals surface area contributed by atoms with E-state index in [0.29, 0.717) is 0 Å². The standard InChI is InChI=1S/C13H9.C10H14.C5H5.2ClH.Zr/c1-3-7-12-10(5-1)9-11-6-2-4-8-13(11)12;1-7-2-9-4-8(1)5-10(3-7)6-9;1-2-4-5-3-1;;;/h1-5,7-8H,9H2;7-10H,1-5H2;1-3H,4H2;2*1H;/q;;;;;+2/p-2. The van der Waals surface area contributed by atoms with Gasteiger partial charge in [0.2, 0.25) is 0 Å². The fourth-order valence-corrected chi connectivity index (χ4v) is 16.7. The first kappa shape index (κ1) is 22.1. The van der Waals surface area contributed by atoms with Crippen LogP contribution < -0.4 is 28.1 Å². The first-order valence-corrected chi connectivity index (χ1v) is 15.3. The molecule has 31 heavy (non-hydrogen) atoms. The number of hydrogen-bond acceptors (Lipinski definition) is 0. The van der Waals surface area contributed by atoms with E-state index < -0.39 is 21.3 Å². The van der Waals surface area contributed by atoms with Crippen LogP contribution in [0.4, 0.5) is 0 Å². The van der Waals surface area contributed by atoms with Gasteiger partial charge in [-0.2, -0.15) is 0 Å². The summed E-state index contributed by atoms with van der Waals surface area (Å²) in [6, 6.07) is 16.5. The molecule has 0 heterocycles. The number of fused-ring (bicyclic) bond motifs is 3. The molecule has 4 saturated carbocycles. The molecule has 2 aromatic rings. The van der Waals surface area contributed by atoms with Crippen LogP contribution in [0.1, 0.15) is 49.7 Å². The maximum Gasteiger partial charge on any atom is -1.00 e. The van der Waals surface area contributed by atoms with Crippen molar-refractivity contribution in [3.05, 3.63) is 75.1 Å². The monoisotopic (exact) mass is 524 g/mol. The molecule has 0 amide bonds. The van der Waals surface area contributed by atoms with Crippen molar-refractivity contribution < 1.29 is 46.1 Å². The van der Waals surface area contributed by atoms with E-state index in [1.165, 1.54) is 44.1 Å². The molecule has 0 nitrogen and oxygen atoms in total. The summed E-state index contributed by atoms with van der Waals surface area (Å²) < 4.78 is 5.83. The first-order chi connectivity index (χ1) is 14.3. The Balaban J connectivity index is 0.00000102. The second kappa shape index (κ2) is 8.55. The summed E-state index contributed by atoms with van der Waals surface area (Å²) in [6.07, 6.45) is 17.4. The molecule has 0 atom stereocenters. The normalized spacial score (nSPS) is 28.2. The van der Waals surface area contributed by atoms with Crippen molar-refractivity contribution in [1.29, 1.82) is 0 Å². The minimum absolute atomic E-state index is 0. The summed E-state index contributed by atoms with van der Waals surface area (Å²) in [5.74, 6) is 4.07. The van der Waals surface area contributed by atoms with E-state index in [4.69, 9.17) is 0 Å². The molecule has 0 radical (unpaired) electrons. The maximum atomic E-state index is 2.57.